The minimum absolute atomic E-state index is 0.00136. The van der Waals surface area contributed by atoms with E-state index in [1.165, 1.54) is 43.4 Å². The number of carbonyl (C=O) groups excluding carboxylic acids is 1. The predicted molar refractivity (Wildman–Crippen MR) is 86.1 cm³/mol. The van der Waals surface area contributed by atoms with Crippen LogP contribution in [0.25, 0.3) is 0 Å². The average molecular weight is 294 g/mol. The molecule has 1 aromatic rings. The summed E-state index contributed by atoms with van der Waals surface area (Å²) in [6.45, 7) is 4.72. The summed E-state index contributed by atoms with van der Waals surface area (Å²) < 4.78 is 0. The third kappa shape index (κ3) is 4.60. The smallest absolute Gasteiger partial charge is 0.221 e. The molecule has 1 aromatic heterocycles. The standard InChI is InChI=1S/C16H26N2OS/c1-12(14-7-5-3-4-6-8-14)17-11-16-15(9-10-20-16)18-13(2)19/h9-10,12,14,17H,3-8,11H2,1-2H3,(H,18,19)/t12-/m0/s1. The van der Waals surface area contributed by atoms with Gasteiger partial charge in [-0.1, -0.05) is 25.7 Å². The molecule has 0 unspecified atom stereocenters. The minimum Gasteiger partial charge on any atom is -0.325 e. The fourth-order valence-corrected chi connectivity index (χ4v) is 3.79. The number of hydrogen-bond donors (Lipinski definition) is 2. The minimum atomic E-state index is 0.00136. The zero-order chi connectivity index (χ0) is 14.4. The average Bonchev–Trinajstić information content (AvgIpc) is 2.67. The summed E-state index contributed by atoms with van der Waals surface area (Å²) in [4.78, 5) is 12.4. The van der Waals surface area contributed by atoms with Crippen LogP contribution in [0.3, 0.4) is 0 Å². The van der Waals surface area contributed by atoms with E-state index in [0.29, 0.717) is 6.04 Å². The Morgan fingerprint density at radius 2 is 2.05 bits per heavy atom. The number of thiophene rings is 1. The number of nitrogens with one attached hydrogen (secondary N) is 2. The third-order valence-electron chi connectivity index (χ3n) is 4.25. The summed E-state index contributed by atoms with van der Waals surface area (Å²) in [5.41, 5.74) is 0.961. The van der Waals surface area contributed by atoms with Crippen LogP contribution in [0.5, 0.6) is 0 Å². The lowest BCUT2D eigenvalue weighted by atomic mass is 9.93. The SMILES string of the molecule is CC(=O)Nc1ccsc1CN[C@@H](C)C1CCCCCC1. The first kappa shape index (κ1) is 15.5. The third-order valence-corrected chi connectivity index (χ3v) is 5.17. The molecule has 1 fully saturated rings. The highest BCUT2D eigenvalue weighted by Crippen LogP contribution is 2.27. The van der Waals surface area contributed by atoms with Crippen molar-refractivity contribution in [1.82, 2.24) is 5.32 Å². The number of amides is 1. The van der Waals surface area contributed by atoms with Gasteiger partial charge in [0.2, 0.25) is 5.91 Å². The van der Waals surface area contributed by atoms with Gasteiger partial charge in [-0.15, -0.1) is 11.3 Å². The van der Waals surface area contributed by atoms with Crippen molar-refractivity contribution >= 4 is 22.9 Å². The van der Waals surface area contributed by atoms with Crippen molar-refractivity contribution in [2.24, 2.45) is 5.92 Å². The number of anilines is 1. The van der Waals surface area contributed by atoms with Crippen LogP contribution in [0, 0.1) is 5.92 Å². The van der Waals surface area contributed by atoms with Crippen LogP contribution in [0.2, 0.25) is 0 Å². The Hall–Kier alpha value is -0.870. The maximum atomic E-state index is 11.2. The molecule has 3 nitrogen and oxygen atoms in total. The van der Waals surface area contributed by atoms with Crippen LogP contribution >= 0.6 is 11.3 Å². The highest BCUT2D eigenvalue weighted by Gasteiger charge is 2.19. The topological polar surface area (TPSA) is 41.1 Å². The van der Waals surface area contributed by atoms with Gasteiger partial charge < -0.3 is 10.6 Å². The van der Waals surface area contributed by atoms with Crippen LogP contribution in [0.15, 0.2) is 11.4 Å². The summed E-state index contributed by atoms with van der Waals surface area (Å²) in [5, 5.41) is 8.59. The monoisotopic (exact) mass is 294 g/mol. The van der Waals surface area contributed by atoms with E-state index in [-0.39, 0.29) is 5.91 Å². The van der Waals surface area contributed by atoms with Gasteiger partial charge in [-0.3, -0.25) is 4.79 Å². The predicted octanol–water partition coefficient (Wildman–Crippen LogP) is 4.16. The first-order valence-corrected chi connectivity index (χ1v) is 8.62. The van der Waals surface area contributed by atoms with Gasteiger partial charge in [-0.2, -0.15) is 0 Å². The van der Waals surface area contributed by atoms with E-state index >= 15 is 0 Å². The fourth-order valence-electron chi connectivity index (χ4n) is 3.01. The zero-order valence-corrected chi connectivity index (χ0v) is 13.4. The fraction of sp³-hybridized carbons (Fsp3) is 0.688. The van der Waals surface area contributed by atoms with Gasteiger partial charge in [0.1, 0.15) is 0 Å². The van der Waals surface area contributed by atoms with Crippen LogP contribution in [0.4, 0.5) is 5.69 Å². The summed E-state index contributed by atoms with van der Waals surface area (Å²) in [5.74, 6) is 0.808. The largest absolute Gasteiger partial charge is 0.325 e. The van der Waals surface area contributed by atoms with Crippen molar-refractivity contribution in [3.63, 3.8) is 0 Å². The maximum absolute atomic E-state index is 11.2. The molecule has 0 aliphatic heterocycles. The van der Waals surface area contributed by atoms with Crippen molar-refractivity contribution in [3.05, 3.63) is 16.3 Å². The lowest BCUT2D eigenvalue weighted by molar-refractivity contribution is -0.114. The van der Waals surface area contributed by atoms with E-state index in [1.807, 2.05) is 11.4 Å². The molecule has 4 heteroatoms. The van der Waals surface area contributed by atoms with E-state index < -0.39 is 0 Å². The first-order chi connectivity index (χ1) is 9.66. The molecule has 0 spiro atoms. The Balaban J connectivity index is 1.84. The van der Waals surface area contributed by atoms with Gasteiger partial charge in [-0.25, -0.2) is 0 Å². The number of rotatable bonds is 5. The van der Waals surface area contributed by atoms with Gasteiger partial charge in [0, 0.05) is 24.4 Å². The molecule has 2 N–H and O–H groups in total. The van der Waals surface area contributed by atoms with Crippen molar-refractivity contribution in [3.8, 4) is 0 Å². The molecule has 112 valence electrons. The molecule has 0 bridgehead atoms. The second-order valence-corrected chi connectivity index (χ2v) is 6.86. The summed E-state index contributed by atoms with van der Waals surface area (Å²) in [6, 6.07) is 2.54. The van der Waals surface area contributed by atoms with E-state index in [9.17, 15) is 4.79 Å². The van der Waals surface area contributed by atoms with Gasteiger partial charge in [0.15, 0.2) is 0 Å². The van der Waals surface area contributed by atoms with Gasteiger partial charge in [-0.05, 0) is 37.1 Å². The second kappa shape index (κ2) is 7.79. The molecule has 1 atom stereocenters. The summed E-state index contributed by atoms with van der Waals surface area (Å²) >= 11 is 1.71. The van der Waals surface area contributed by atoms with E-state index in [2.05, 4.69) is 17.6 Å². The normalized spacial score (nSPS) is 18.5. The van der Waals surface area contributed by atoms with Crippen molar-refractivity contribution in [1.29, 1.82) is 0 Å². The lowest BCUT2D eigenvalue weighted by Gasteiger charge is -2.23. The van der Waals surface area contributed by atoms with Gasteiger partial charge in [0.05, 0.1) is 5.69 Å². The molecule has 1 amide bonds. The van der Waals surface area contributed by atoms with Crippen molar-refractivity contribution in [2.45, 2.75) is 65.0 Å². The number of hydrogen-bond acceptors (Lipinski definition) is 3. The molecule has 1 heterocycles. The first-order valence-electron chi connectivity index (χ1n) is 7.74. The van der Waals surface area contributed by atoms with Crippen LogP contribution in [-0.2, 0) is 11.3 Å². The molecule has 1 saturated carbocycles. The number of carbonyl (C=O) groups is 1. The molecular formula is C16H26N2OS. The molecular weight excluding hydrogens is 268 g/mol. The molecule has 0 radical (unpaired) electrons. The Morgan fingerprint density at radius 1 is 1.35 bits per heavy atom. The molecule has 0 saturated heterocycles. The van der Waals surface area contributed by atoms with Crippen molar-refractivity contribution < 1.29 is 4.79 Å². The molecule has 20 heavy (non-hydrogen) atoms. The van der Waals surface area contributed by atoms with E-state index in [4.69, 9.17) is 0 Å². The van der Waals surface area contributed by atoms with Crippen LogP contribution in [-0.4, -0.2) is 11.9 Å². The highest BCUT2D eigenvalue weighted by molar-refractivity contribution is 7.10. The lowest BCUT2D eigenvalue weighted by Crippen LogP contribution is -2.32. The Labute approximate surface area is 126 Å². The molecule has 0 aromatic carbocycles. The van der Waals surface area contributed by atoms with Crippen LogP contribution < -0.4 is 10.6 Å². The maximum Gasteiger partial charge on any atom is 0.221 e. The van der Waals surface area contributed by atoms with Gasteiger partial charge in [0.25, 0.3) is 0 Å². The Kier molecular flexibility index (Phi) is 6.05. The van der Waals surface area contributed by atoms with E-state index in [0.717, 1.165) is 18.2 Å². The van der Waals surface area contributed by atoms with Crippen molar-refractivity contribution in [2.75, 3.05) is 5.32 Å². The second-order valence-electron chi connectivity index (χ2n) is 5.86. The van der Waals surface area contributed by atoms with Crippen LogP contribution in [0.1, 0.15) is 57.2 Å². The summed E-state index contributed by atoms with van der Waals surface area (Å²) in [6.07, 6.45) is 8.29. The molecule has 1 aliphatic rings. The summed E-state index contributed by atoms with van der Waals surface area (Å²) in [7, 11) is 0. The quantitative estimate of drug-likeness (QED) is 0.801. The molecule has 2 rings (SSSR count). The van der Waals surface area contributed by atoms with Gasteiger partial charge >= 0.3 is 0 Å². The zero-order valence-electron chi connectivity index (χ0n) is 12.6. The Morgan fingerprint density at radius 3 is 2.70 bits per heavy atom. The van der Waals surface area contributed by atoms with E-state index in [1.54, 1.807) is 18.3 Å². The molecule has 1 aliphatic carbocycles. The highest BCUT2D eigenvalue weighted by atomic mass is 32.1. The Bertz CT molecular complexity index is 422.